The molecule has 1 heterocycles. The molecule has 0 radical (unpaired) electrons. The largest absolute Gasteiger partial charge is 0.493 e. The van der Waals surface area contributed by atoms with Crippen LogP contribution in [-0.4, -0.2) is 29.9 Å². The molecule has 23 heavy (non-hydrogen) atoms. The molecule has 3 rings (SSSR count). The smallest absolute Gasteiger partial charge is 0.315 e. The molecular formula is C18H26N2O3. The van der Waals surface area contributed by atoms with Gasteiger partial charge in [-0.05, 0) is 45.1 Å². The maximum Gasteiger partial charge on any atom is 0.315 e. The Bertz CT molecular complexity index is 613. The van der Waals surface area contributed by atoms with Crippen LogP contribution in [-0.2, 0) is 0 Å². The molecule has 5 heteroatoms. The van der Waals surface area contributed by atoms with Gasteiger partial charge in [-0.25, -0.2) is 4.79 Å². The topological polar surface area (TPSA) is 70.6 Å². The number of urea groups is 1. The molecule has 2 unspecified atom stereocenters. The Morgan fingerprint density at radius 1 is 1.35 bits per heavy atom. The van der Waals surface area contributed by atoms with Crippen molar-refractivity contribution in [2.24, 2.45) is 5.92 Å². The summed E-state index contributed by atoms with van der Waals surface area (Å²) in [7, 11) is 0. The fourth-order valence-electron chi connectivity index (χ4n) is 3.47. The summed E-state index contributed by atoms with van der Waals surface area (Å²) in [5.41, 5.74) is 2.78. The summed E-state index contributed by atoms with van der Waals surface area (Å²) in [5.74, 6) is 1.27. The highest BCUT2D eigenvalue weighted by molar-refractivity contribution is 5.75. The van der Waals surface area contributed by atoms with Crippen molar-refractivity contribution in [3.8, 4) is 5.75 Å². The molecule has 2 amide bonds. The number of amides is 2. The van der Waals surface area contributed by atoms with E-state index in [4.69, 9.17) is 4.74 Å². The van der Waals surface area contributed by atoms with Crippen LogP contribution in [0.15, 0.2) is 12.1 Å². The lowest BCUT2D eigenvalue weighted by atomic mass is 9.95. The van der Waals surface area contributed by atoms with E-state index in [1.807, 2.05) is 13.8 Å². The third-order valence-electron chi connectivity index (χ3n) is 4.99. The fourth-order valence-corrected chi connectivity index (χ4v) is 3.47. The number of hydrogen-bond donors (Lipinski definition) is 3. The van der Waals surface area contributed by atoms with Gasteiger partial charge in [-0.1, -0.05) is 17.7 Å². The Kier molecular flexibility index (Phi) is 4.23. The standard InChI is InChI=1S/C18H26N2O3/c1-11-8-12(2)16-14(9-11)15(6-7-23-16)19-17(22)20-18(3,10-21)13-4-5-13/h8-9,13,15,21H,4-7,10H2,1-3H3,(H2,19,20,22). The van der Waals surface area contributed by atoms with Gasteiger partial charge in [-0.3, -0.25) is 0 Å². The summed E-state index contributed by atoms with van der Waals surface area (Å²) in [4.78, 5) is 12.4. The number of benzene rings is 1. The molecule has 1 aliphatic heterocycles. The van der Waals surface area contributed by atoms with Crippen LogP contribution in [0.3, 0.4) is 0 Å². The Morgan fingerprint density at radius 3 is 2.74 bits per heavy atom. The monoisotopic (exact) mass is 318 g/mol. The van der Waals surface area contributed by atoms with E-state index >= 15 is 0 Å². The van der Waals surface area contributed by atoms with Crippen molar-refractivity contribution in [3.05, 3.63) is 28.8 Å². The predicted molar refractivity (Wildman–Crippen MR) is 88.7 cm³/mol. The molecular weight excluding hydrogens is 292 g/mol. The quantitative estimate of drug-likeness (QED) is 0.799. The predicted octanol–water partition coefficient (Wildman–Crippen LogP) is 2.59. The summed E-state index contributed by atoms with van der Waals surface area (Å²) in [6.45, 7) is 6.56. The molecule has 1 aliphatic carbocycles. The van der Waals surface area contributed by atoms with Crippen molar-refractivity contribution in [1.29, 1.82) is 0 Å². The Balaban J connectivity index is 1.73. The van der Waals surface area contributed by atoms with Crippen LogP contribution in [0.25, 0.3) is 0 Å². The van der Waals surface area contributed by atoms with Crippen molar-refractivity contribution in [2.75, 3.05) is 13.2 Å². The molecule has 0 spiro atoms. The number of carbonyl (C=O) groups excluding carboxylic acids is 1. The lowest BCUT2D eigenvalue weighted by Crippen LogP contribution is -2.54. The van der Waals surface area contributed by atoms with Crippen LogP contribution in [0.5, 0.6) is 5.75 Å². The maximum absolute atomic E-state index is 12.4. The van der Waals surface area contributed by atoms with E-state index in [2.05, 4.69) is 29.7 Å². The van der Waals surface area contributed by atoms with E-state index in [0.29, 0.717) is 12.5 Å². The van der Waals surface area contributed by atoms with Crippen LogP contribution in [0.4, 0.5) is 4.79 Å². The van der Waals surface area contributed by atoms with Gasteiger partial charge in [0.25, 0.3) is 0 Å². The van der Waals surface area contributed by atoms with Crippen LogP contribution >= 0.6 is 0 Å². The first-order chi connectivity index (χ1) is 10.9. The number of fused-ring (bicyclic) bond motifs is 1. The van der Waals surface area contributed by atoms with Gasteiger partial charge in [0.1, 0.15) is 5.75 Å². The Morgan fingerprint density at radius 2 is 2.09 bits per heavy atom. The zero-order valence-corrected chi connectivity index (χ0v) is 14.1. The lowest BCUT2D eigenvalue weighted by Gasteiger charge is -2.32. The number of aliphatic hydroxyl groups is 1. The van der Waals surface area contributed by atoms with Gasteiger partial charge in [0.15, 0.2) is 0 Å². The van der Waals surface area contributed by atoms with Crippen molar-refractivity contribution >= 4 is 6.03 Å². The molecule has 126 valence electrons. The van der Waals surface area contributed by atoms with Gasteiger partial charge in [0.05, 0.1) is 24.8 Å². The van der Waals surface area contributed by atoms with Gasteiger partial charge in [-0.2, -0.15) is 0 Å². The molecule has 0 aromatic heterocycles. The van der Waals surface area contributed by atoms with Crippen molar-refractivity contribution in [1.82, 2.24) is 10.6 Å². The van der Waals surface area contributed by atoms with E-state index in [9.17, 15) is 9.90 Å². The first-order valence-electron chi connectivity index (χ1n) is 8.36. The average Bonchev–Trinajstić information content (AvgIpc) is 3.33. The minimum atomic E-state index is -0.527. The van der Waals surface area contributed by atoms with Crippen LogP contribution < -0.4 is 15.4 Å². The molecule has 2 aliphatic rings. The number of aliphatic hydroxyl groups excluding tert-OH is 1. The van der Waals surface area contributed by atoms with E-state index < -0.39 is 5.54 Å². The number of ether oxygens (including phenoxy) is 1. The minimum Gasteiger partial charge on any atom is -0.493 e. The Labute approximate surface area is 137 Å². The molecule has 3 N–H and O–H groups in total. The number of aryl methyl sites for hydroxylation is 2. The molecule has 5 nitrogen and oxygen atoms in total. The second kappa shape index (κ2) is 6.04. The zero-order chi connectivity index (χ0) is 16.6. The van der Waals surface area contributed by atoms with Crippen molar-refractivity contribution in [2.45, 2.75) is 51.6 Å². The number of nitrogens with one attached hydrogen (secondary N) is 2. The highest BCUT2D eigenvalue weighted by Crippen LogP contribution is 2.39. The summed E-state index contributed by atoms with van der Waals surface area (Å²) in [6.07, 6.45) is 2.88. The maximum atomic E-state index is 12.4. The van der Waals surface area contributed by atoms with Crippen LogP contribution in [0.2, 0.25) is 0 Å². The van der Waals surface area contributed by atoms with Gasteiger partial charge in [0.2, 0.25) is 0 Å². The molecule has 0 saturated heterocycles. The van der Waals surface area contributed by atoms with E-state index in [0.717, 1.165) is 41.7 Å². The van der Waals surface area contributed by atoms with E-state index in [1.54, 1.807) is 0 Å². The van der Waals surface area contributed by atoms with E-state index in [-0.39, 0.29) is 18.7 Å². The highest BCUT2D eigenvalue weighted by atomic mass is 16.5. The van der Waals surface area contributed by atoms with Gasteiger partial charge in [0, 0.05) is 12.0 Å². The van der Waals surface area contributed by atoms with Crippen LogP contribution in [0, 0.1) is 19.8 Å². The van der Waals surface area contributed by atoms with Gasteiger partial charge < -0.3 is 20.5 Å². The molecule has 1 aromatic rings. The van der Waals surface area contributed by atoms with Gasteiger partial charge in [-0.15, -0.1) is 0 Å². The van der Waals surface area contributed by atoms with Gasteiger partial charge >= 0.3 is 6.03 Å². The third kappa shape index (κ3) is 3.29. The highest BCUT2D eigenvalue weighted by Gasteiger charge is 2.42. The number of carbonyl (C=O) groups is 1. The SMILES string of the molecule is Cc1cc(C)c2c(c1)C(NC(=O)NC(C)(CO)C1CC1)CCO2. The summed E-state index contributed by atoms with van der Waals surface area (Å²) in [6, 6.07) is 3.90. The molecule has 1 aromatic carbocycles. The first-order valence-corrected chi connectivity index (χ1v) is 8.36. The van der Waals surface area contributed by atoms with Crippen molar-refractivity contribution < 1.29 is 14.6 Å². The molecule has 0 bridgehead atoms. The molecule has 1 fully saturated rings. The van der Waals surface area contributed by atoms with Crippen LogP contribution in [0.1, 0.15) is 48.9 Å². The number of rotatable bonds is 4. The summed E-state index contributed by atoms with van der Waals surface area (Å²) in [5, 5.41) is 15.7. The fraction of sp³-hybridized carbons (Fsp3) is 0.611. The zero-order valence-electron chi connectivity index (χ0n) is 14.1. The second-order valence-corrected chi connectivity index (χ2v) is 7.14. The molecule has 1 saturated carbocycles. The first kappa shape index (κ1) is 16.1. The minimum absolute atomic E-state index is 0.0341. The molecule has 2 atom stereocenters. The average molecular weight is 318 g/mol. The number of hydrogen-bond acceptors (Lipinski definition) is 3. The van der Waals surface area contributed by atoms with E-state index in [1.165, 1.54) is 0 Å². The normalized spacial score (nSPS) is 22.5. The second-order valence-electron chi connectivity index (χ2n) is 7.14. The Hall–Kier alpha value is -1.75. The van der Waals surface area contributed by atoms with Crippen molar-refractivity contribution in [3.63, 3.8) is 0 Å². The summed E-state index contributed by atoms with van der Waals surface area (Å²) >= 11 is 0. The lowest BCUT2D eigenvalue weighted by molar-refractivity contribution is 0.152. The third-order valence-corrected chi connectivity index (χ3v) is 4.99. The summed E-state index contributed by atoms with van der Waals surface area (Å²) < 4.78 is 5.78.